The van der Waals surface area contributed by atoms with Crippen LogP contribution in [-0.4, -0.2) is 23.3 Å². The Morgan fingerprint density at radius 2 is 2.00 bits per heavy atom. The third-order valence-corrected chi connectivity index (χ3v) is 2.74. The average molecular weight is 271 g/mol. The van der Waals surface area contributed by atoms with Gasteiger partial charge in [-0.15, -0.1) is 0 Å². The van der Waals surface area contributed by atoms with Gasteiger partial charge in [0.15, 0.2) is 0 Å². The van der Waals surface area contributed by atoms with Crippen LogP contribution in [0.4, 0.5) is 4.39 Å². The average Bonchev–Trinajstić information content (AvgIpc) is 2.33. The van der Waals surface area contributed by atoms with E-state index in [1.807, 2.05) is 0 Å². The van der Waals surface area contributed by atoms with E-state index in [9.17, 15) is 4.39 Å². The molecule has 18 heavy (non-hydrogen) atoms. The summed E-state index contributed by atoms with van der Waals surface area (Å²) in [6, 6.07) is 4.53. The quantitative estimate of drug-likeness (QED) is 0.563. The Morgan fingerprint density at radius 3 is 2.67 bits per heavy atom. The number of rotatable bonds is 8. The fraction of sp³-hybridized carbons (Fsp3) is 0.462. The van der Waals surface area contributed by atoms with Crippen LogP contribution in [0.2, 0.25) is 0 Å². The van der Waals surface area contributed by atoms with Gasteiger partial charge < -0.3 is 15.6 Å². The maximum atomic E-state index is 13.5. The molecule has 3 N–H and O–H groups in total. The molecule has 0 saturated carbocycles. The first-order chi connectivity index (χ1) is 8.66. The first-order valence-electron chi connectivity index (χ1n) is 5.98. The third-order valence-electron chi connectivity index (χ3n) is 2.53. The highest BCUT2D eigenvalue weighted by atomic mass is 32.1. The molecule has 1 aromatic rings. The van der Waals surface area contributed by atoms with Crippen LogP contribution in [0, 0.1) is 5.82 Å². The van der Waals surface area contributed by atoms with E-state index in [0.29, 0.717) is 12.4 Å². The molecule has 0 fully saturated rings. The third kappa shape index (κ3) is 4.58. The highest BCUT2D eigenvalue weighted by molar-refractivity contribution is 7.80. The van der Waals surface area contributed by atoms with Gasteiger partial charge >= 0.3 is 0 Å². The molecule has 0 aliphatic carbocycles. The van der Waals surface area contributed by atoms with Crippen LogP contribution in [0.15, 0.2) is 18.2 Å². The number of ether oxygens (including phenoxy) is 1. The predicted octanol–water partition coefficient (Wildman–Crippen LogP) is 2.39. The van der Waals surface area contributed by atoms with Gasteiger partial charge in [0, 0.05) is 6.61 Å². The second kappa shape index (κ2) is 8.00. The Morgan fingerprint density at radius 1 is 1.28 bits per heavy atom. The highest BCUT2D eigenvalue weighted by Crippen LogP contribution is 2.21. The topological polar surface area (TPSA) is 55.5 Å². The lowest BCUT2D eigenvalue weighted by atomic mass is 10.2. The zero-order chi connectivity index (χ0) is 13.4. The molecule has 0 unspecified atom stereocenters. The SMILES string of the molecule is NC(=S)c1c(F)cccc1OCCCCCCO. The van der Waals surface area contributed by atoms with Gasteiger partial charge in [-0.05, 0) is 31.4 Å². The van der Waals surface area contributed by atoms with Crippen LogP contribution in [0.1, 0.15) is 31.2 Å². The summed E-state index contributed by atoms with van der Waals surface area (Å²) in [6.07, 6.45) is 3.59. The van der Waals surface area contributed by atoms with Gasteiger partial charge in [-0.2, -0.15) is 0 Å². The van der Waals surface area contributed by atoms with Gasteiger partial charge in [0.2, 0.25) is 0 Å². The van der Waals surface area contributed by atoms with Crippen LogP contribution in [0.25, 0.3) is 0 Å². The molecule has 5 heteroatoms. The molecule has 0 aliphatic rings. The van der Waals surface area contributed by atoms with Crippen LogP contribution in [-0.2, 0) is 0 Å². The van der Waals surface area contributed by atoms with E-state index < -0.39 is 5.82 Å². The minimum atomic E-state index is -0.458. The molecule has 0 bridgehead atoms. The Kier molecular flexibility index (Phi) is 6.60. The number of aliphatic hydroxyl groups excluding tert-OH is 1. The minimum Gasteiger partial charge on any atom is -0.493 e. The Labute approximate surface area is 112 Å². The fourth-order valence-electron chi connectivity index (χ4n) is 1.61. The van der Waals surface area contributed by atoms with E-state index in [-0.39, 0.29) is 17.2 Å². The Balaban J connectivity index is 2.47. The number of thiocarbonyl (C=S) groups is 1. The maximum absolute atomic E-state index is 13.5. The van der Waals surface area contributed by atoms with Crippen LogP contribution in [0.3, 0.4) is 0 Å². The van der Waals surface area contributed by atoms with Crippen LogP contribution >= 0.6 is 12.2 Å². The summed E-state index contributed by atoms with van der Waals surface area (Å²) in [4.78, 5) is 0.00313. The van der Waals surface area contributed by atoms with Crippen molar-refractivity contribution >= 4 is 17.2 Å². The van der Waals surface area contributed by atoms with Gasteiger partial charge in [-0.3, -0.25) is 0 Å². The van der Waals surface area contributed by atoms with Gasteiger partial charge in [-0.1, -0.05) is 24.7 Å². The fourth-order valence-corrected chi connectivity index (χ4v) is 1.81. The van der Waals surface area contributed by atoms with Crippen LogP contribution < -0.4 is 10.5 Å². The van der Waals surface area contributed by atoms with Gasteiger partial charge in [0.1, 0.15) is 16.6 Å². The number of aliphatic hydroxyl groups is 1. The molecular formula is C13H18FNO2S. The van der Waals surface area contributed by atoms with E-state index in [1.165, 1.54) is 6.07 Å². The van der Waals surface area contributed by atoms with Crippen molar-refractivity contribution in [1.29, 1.82) is 0 Å². The van der Waals surface area contributed by atoms with E-state index in [2.05, 4.69) is 0 Å². The number of unbranched alkanes of at least 4 members (excludes halogenated alkanes) is 3. The minimum absolute atomic E-state index is 0.00313. The molecule has 100 valence electrons. The number of hydrogen-bond acceptors (Lipinski definition) is 3. The van der Waals surface area contributed by atoms with Gasteiger partial charge in [0.25, 0.3) is 0 Å². The molecule has 0 spiro atoms. The predicted molar refractivity (Wildman–Crippen MR) is 73.3 cm³/mol. The first kappa shape index (κ1) is 14.9. The van der Waals surface area contributed by atoms with Crippen molar-refractivity contribution in [3.8, 4) is 5.75 Å². The molecule has 0 amide bonds. The zero-order valence-corrected chi connectivity index (χ0v) is 11.0. The summed E-state index contributed by atoms with van der Waals surface area (Å²) < 4.78 is 19.0. The molecule has 0 atom stereocenters. The van der Waals surface area contributed by atoms with E-state index >= 15 is 0 Å². The lowest BCUT2D eigenvalue weighted by Crippen LogP contribution is -2.14. The monoisotopic (exact) mass is 271 g/mol. The molecule has 3 nitrogen and oxygen atoms in total. The number of benzene rings is 1. The molecular weight excluding hydrogens is 253 g/mol. The number of halogens is 1. The molecule has 1 aromatic carbocycles. The van der Waals surface area contributed by atoms with Crippen LogP contribution in [0.5, 0.6) is 5.75 Å². The number of nitrogens with two attached hydrogens (primary N) is 1. The van der Waals surface area contributed by atoms with Crippen molar-refractivity contribution in [1.82, 2.24) is 0 Å². The second-order valence-electron chi connectivity index (χ2n) is 3.96. The van der Waals surface area contributed by atoms with Crippen molar-refractivity contribution in [2.75, 3.05) is 13.2 Å². The summed E-state index contributed by atoms with van der Waals surface area (Å²) in [5, 5.41) is 8.63. The largest absolute Gasteiger partial charge is 0.493 e. The molecule has 0 aromatic heterocycles. The van der Waals surface area contributed by atoms with Crippen molar-refractivity contribution in [2.45, 2.75) is 25.7 Å². The summed E-state index contributed by atoms with van der Waals surface area (Å²) in [7, 11) is 0. The molecule has 0 saturated heterocycles. The van der Waals surface area contributed by atoms with E-state index in [0.717, 1.165) is 25.7 Å². The highest BCUT2D eigenvalue weighted by Gasteiger charge is 2.11. The summed E-state index contributed by atoms with van der Waals surface area (Å²) >= 11 is 4.80. The van der Waals surface area contributed by atoms with Crippen molar-refractivity contribution in [3.05, 3.63) is 29.6 Å². The number of hydrogen-bond donors (Lipinski definition) is 2. The standard InChI is InChI=1S/C13H18FNO2S/c14-10-6-5-7-11(12(10)13(15)18)17-9-4-2-1-3-8-16/h5-7,16H,1-4,8-9H2,(H2,15,18). The zero-order valence-electron chi connectivity index (χ0n) is 10.2. The maximum Gasteiger partial charge on any atom is 0.137 e. The summed E-state index contributed by atoms with van der Waals surface area (Å²) in [5.41, 5.74) is 5.64. The lowest BCUT2D eigenvalue weighted by molar-refractivity contribution is 0.273. The van der Waals surface area contributed by atoms with E-state index in [4.69, 9.17) is 27.8 Å². The lowest BCUT2D eigenvalue weighted by Gasteiger charge is -2.11. The molecule has 0 aliphatic heterocycles. The summed E-state index contributed by atoms with van der Waals surface area (Å²) in [6.45, 7) is 0.709. The van der Waals surface area contributed by atoms with Gasteiger partial charge in [0.05, 0.1) is 12.2 Å². The van der Waals surface area contributed by atoms with Gasteiger partial charge in [-0.25, -0.2) is 4.39 Å². The molecule has 0 radical (unpaired) electrons. The van der Waals surface area contributed by atoms with E-state index in [1.54, 1.807) is 12.1 Å². The molecule has 1 rings (SSSR count). The molecule has 0 heterocycles. The van der Waals surface area contributed by atoms with Crippen molar-refractivity contribution in [2.24, 2.45) is 5.73 Å². The Hall–Kier alpha value is -1.20. The van der Waals surface area contributed by atoms with Crippen molar-refractivity contribution in [3.63, 3.8) is 0 Å². The first-order valence-corrected chi connectivity index (χ1v) is 6.39. The second-order valence-corrected chi connectivity index (χ2v) is 4.40. The Bertz CT molecular complexity index is 399. The summed E-state index contributed by atoms with van der Waals surface area (Å²) in [5.74, 6) is -0.0649. The van der Waals surface area contributed by atoms with Crippen molar-refractivity contribution < 1.29 is 14.2 Å². The normalized spacial score (nSPS) is 10.3. The smallest absolute Gasteiger partial charge is 0.137 e.